The number of unbranched alkanes of at least 4 members (excludes halogenated alkanes) is 1. The van der Waals surface area contributed by atoms with Crippen LogP contribution < -0.4 is 0 Å². The van der Waals surface area contributed by atoms with Crippen LogP contribution in [0.2, 0.25) is 0 Å². The van der Waals surface area contributed by atoms with Crippen LogP contribution in [0.15, 0.2) is 24.8 Å². The van der Waals surface area contributed by atoms with Crippen LogP contribution in [0.4, 0.5) is 0 Å². The Hall–Kier alpha value is -1.08. The second kappa shape index (κ2) is 5.86. The van der Waals surface area contributed by atoms with E-state index in [9.17, 15) is 5.11 Å². The van der Waals surface area contributed by atoms with Crippen LogP contribution in [-0.2, 0) is 0 Å². The smallest absolute Gasteiger partial charge is 0.0795 e. The fraction of sp³-hybridized carbons (Fsp3) is 0.467. The van der Waals surface area contributed by atoms with Crippen LogP contribution in [0, 0.1) is 20.8 Å². The van der Waals surface area contributed by atoms with Crippen molar-refractivity contribution >= 4 is 0 Å². The first-order valence-electron chi connectivity index (χ1n) is 5.93. The molecule has 1 N–H and O–H groups in total. The summed E-state index contributed by atoms with van der Waals surface area (Å²) in [6.45, 7) is 9.94. The molecule has 88 valence electrons. The molecule has 16 heavy (non-hydrogen) atoms. The van der Waals surface area contributed by atoms with Crippen LogP contribution in [0.3, 0.4) is 0 Å². The van der Waals surface area contributed by atoms with E-state index in [-0.39, 0.29) is 6.10 Å². The fourth-order valence-electron chi connectivity index (χ4n) is 2.32. The van der Waals surface area contributed by atoms with Gasteiger partial charge in [-0.1, -0.05) is 23.8 Å². The van der Waals surface area contributed by atoms with Gasteiger partial charge in [0.05, 0.1) is 6.10 Å². The van der Waals surface area contributed by atoms with Gasteiger partial charge in [-0.3, -0.25) is 0 Å². The predicted molar refractivity (Wildman–Crippen MR) is 69.7 cm³/mol. The molecule has 0 aliphatic rings. The highest BCUT2D eigenvalue weighted by Gasteiger charge is 2.12. The molecule has 0 heterocycles. The van der Waals surface area contributed by atoms with Gasteiger partial charge in [0, 0.05) is 0 Å². The Balaban J connectivity index is 2.82. The van der Waals surface area contributed by atoms with E-state index in [4.69, 9.17) is 0 Å². The third-order valence-electron chi connectivity index (χ3n) is 2.96. The minimum atomic E-state index is -0.333. The van der Waals surface area contributed by atoms with Gasteiger partial charge in [0.1, 0.15) is 0 Å². The Morgan fingerprint density at radius 2 is 1.81 bits per heavy atom. The lowest BCUT2D eigenvalue weighted by molar-refractivity contribution is 0.163. The van der Waals surface area contributed by atoms with Gasteiger partial charge in [-0.15, -0.1) is 6.58 Å². The van der Waals surface area contributed by atoms with Crippen molar-refractivity contribution in [2.24, 2.45) is 0 Å². The van der Waals surface area contributed by atoms with Crippen molar-refractivity contribution in [1.29, 1.82) is 0 Å². The minimum Gasteiger partial charge on any atom is -0.388 e. The highest BCUT2D eigenvalue weighted by atomic mass is 16.3. The molecule has 0 fully saturated rings. The van der Waals surface area contributed by atoms with Gasteiger partial charge in [-0.25, -0.2) is 0 Å². The Morgan fingerprint density at radius 3 is 2.31 bits per heavy atom. The highest BCUT2D eigenvalue weighted by molar-refractivity contribution is 5.38. The number of aliphatic hydroxyl groups is 1. The van der Waals surface area contributed by atoms with Gasteiger partial charge in [-0.05, 0) is 56.7 Å². The first kappa shape index (κ1) is 13.0. The first-order chi connectivity index (χ1) is 7.56. The molecule has 1 nitrogen and oxygen atoms in total. The molecular formula is C15H22O. The predicted octanol–water partition coefficient (Wildman–Crippen LogP) is 4.00. The zero-order valence-corrected chi connectivity index (χ0v) is 10.6. The van der Waals surface area contributed by atoms with Crippen LogP contribution in [0.5, 0.6) is 0 Å². The van der Waals surface area contributed by atoms with E-state index >= 15 is 0 Å². The summed E-state index contributed by atoms with van der Waals surface area (Å²) in [6, 6.07) is 4.28. The average Bonchev–Trinajstić information content (AvgIpc) is 2.16. The van der Waals surface area contributed by atoms with Gasteiger partial charge in [0.25, 0.3) is 0 Å². The third-order valence-corrected chi connectivity index (χ3v) is 2.96. The van der Waals surface area contributed by atoms with E-state index in [1.165, 1.54) is 16.7 Å². The Morgan fingerprint density at radius 1 is 1.25 bits per heavy atom. The monoisotopic (exact) mass is 218 g/mol. The molecule has 0 saturated heterocycles. The van der Waals surface area contributed by atoms with Crippen molar-refractivity contribution in [2.75, 3.05) is 0 Å². The summed E-state index contributed by atoms with van der Waals surface area (Å²) in [6.07, 6.45) is 4.36. The number of benzene rings is 1. The maximum absolute atomic E-state index is 10.2. The highest BCUT2D eigenvalue weighted by Crippen LogP contribution is 2.27. The zero-order valence-electron chi connectivity index (χ0n) is 10.6. The fourth-order valence-corrected chi connectivity index (χ4v) is 2.32. The Bertz CT molecular complexity index is 343. The van der Waals surface area contributed by atoms with Crippen molar-refractivity contribution in [3.8, 4) is 0 Å². The summed E-state index contributed by atoms with van der Waals surface area (Å²) in [5.74, 6) is 0. The van der Waals surface area contributed by atoms with Crippen LogP contribution in [0.1, 0.15) is 47.6 Å². The quantitative estimate of drug-likeness (QED) is 0.585. The lowest BCUT2D eigenvalue weighted by atomic mass is 9.93. The number of allylic oxidation sites excluding steroid dienone is 1. The van der Waals surface area contributed by atoms with Gasteiger partial charge in [0.15, 0.2) is 0 Å². The van der Waals surface area contributed by atoms with E-state index in [0.717, 1.165) is 24.8 Å². The van der Waals surface area contributed by atoms with Gasteiger partial charge in [-0.2, -0.15) is 0 Å². The van der Waals surface area contributed by atoms with E-state index in [2.05, 4.69) is 39.5 Å². The van der Waals surface area contributed by atoms with Gasteiger partial charge >= 0.3 is 0 Å². The maximum atomic E-state index is 10.2. The molecule has 1 aromatic carbocycles. The van der Waals surface area contributed by atoms with Crippen LogP contribution >= 0.6 is 0 Å². The van der Waals surface area contributed by atoms with E-state index in [1.807, 2.05) is 6.08 Å². The first-order valence-corrected chi connectivity index (χ1v) is 5.93. The van der Waals surface area contributed by atoms with Crippen molar-refractivity contribution in [1.82, 2.24) is 0 Å². The third kappa shape index (κ3) is 3.21. The minimum absolute atomic E-state index is 0.333. The van der Waals surface area contributed by atoms with Gasteiger partial charge < -0.3 is 5.11 Å². The lowest BCUT2D eigenvalue weighted by Crippen LogP contribution is -2.03. The standard InChI is InChI=1S/C15H22O/c1-5-6-7-8-14(16)15-12(3)9-11(2)10-13(15)4/h5,9-10,14,16H,1,6-8H2,2-4H3. The molecule has 0 aromatic heterocycles. The average molecular weight is 218 g/mol. The molecule has 1 heteroatoms. The summed E-state index contributed by atoms with van der Waals surface area (Å²) in [5.41, 5.74) is 4.76. The van der Waals surface area contributed by atoms with Crippen molar-refractivity contribution < 1.29 is 5.11 Å². The summed E-state index contributed by atoms with van der Waals surface area (Å²) in [4.78, 5) is 0. The molecule has 1 unspecified atom stereocenters. The van der Waals surface area contributed by atoms with Crippen LogP contribution in [-0.4, -0.2) is 5.11 Å². The summed E-state index contributed by atoms with van der Waals surface area (Å²) in [7, 11) is 0. The number of aliphatic hydroxyl groups excluding tert-OH is 1. The van der Waals surface area contributed by atoms with Crippen molar-refractivity contribution in [3.05, 3.63) is 47.0 Å². The van der Waals surface area contributed by atoms with Crippen molar-refractivity contribution in [2.45, 2.75) is 46.1 Å². The molecule has 0 bridgehead atoms. The number of rotatable bonds is 5. The normalized spacial score (nSPS) is 12.5. The number of hydrogen-bond donors (Lipinski definition) is 1. The maximum Gasteiger partial charge on any atom is 0.0795 e. The number of aryl methyl sites for hydroxylation is 3. The molecule has 1 rings (SSSR count). The van der Waals surface area contributed by atoms with E-state index in [1.54, 1.807) is 0 Å². The molecule has 0 aliphatic carbocycles. The molecular weight excluding hydrogens is 196 g/mol. The molecule has 0 aliphatic heterocycles. The molecule has 0 amide bonds. The SMILES string of the molecule is C=CCCCC(O)c1c(C)cc(C)cc1C. The summed E-state index contributed by atoms with van der Waals surface area (Å²) < 4.78 is 0. The molecule has 1 atom stereocenters. The second-order valence-corrected chi connectivity index (χ2v) is 4.55. The topological polar surface area (TPSA) is 20.2 Å². The van der Waals surface area contributed by atoms with Crippen LogP contribution in [0.25, 0.3) is 0 Å². The van der Waals surface area contributed by atoms with E-state index < -0.39 is 0 Å². The molecule has 1 aromatic rings. The second-order valence-electron chi connectivity index (χ2n) is 4.55. The van der Waals surface area contributed by atoms with Crippen molar-refractivity contribution in [3.63, 3.8) is 0 Å². The van der Waals surface area contributed by atoms with Gasteiger partial charge in [0.2, 0.25) is 0 Å². The molecule has 0 spiro atoms. The van der Waals surface area contributed by atoms with E-state index in [0.29, 0.717) is 0 Å². The molecule has 0 saturated carbocycles. The Labute approximate surface area is 98.8 Å². The summed E-state index contributed by atoms with van der Waals surface area (Å²) >= 11 is 0. The lowest BCUT2D eigenvalue weighted by Gasteiger charge is -2.17. The summed E-state index contributed by atoms with van der Waals surface area (Å²) in [5, 5.41) is 10.2. The zero-order chi connectivity index (χ0) is 12.1. The Kier molecular flexibility index (Phi) is 4.75. The largest absolute Gasteiger partial charge is 0.388 e. The molecule has 0 radical (unpaired) electrons. The number of hydrogen-bond acceptors (Lipinski definition) is 1.